The first kappa shape index (κ1) is 16.5. The molecule has 1 aliphatic carbocycles. The van der Waals surface area contributed by atoms with E-state index >= 15 is 0 Å². The molecule has 5 heteroatoms. The lowest BCUT2D eigenvalue weighted by Crippen LogP contribution is -2.61. The number of nitrogens with zero attached hydrogens (tertiary/aromatic N) is 2. The Morgan fingerprint density at radius 1 is 1.17 bits per heavy atom. The molecule has 5 nitrogen and oxygen atoms in total. The Labute approximate surface area is 139 Å². The van der Waals surface area contributed by atoms with Crippen LogP contribution in [0.5, 0.6) is 0 Å². The maximum atomic E-state index is 13.0. The number of carbonyl (C=O) groups excluding carboxylic acids is 1. The molecule has 1 amide bonds. The van der Waals surface area contributed by atoms with Crippen molar-refractivity contribution in [2.45, 2.75) is 69.7 Å². The highest BCUT2D eigenvalue weighted by molar-refractivity contribution is 5.86. The van der Waals surface area contributed by atoms with Crippen LogP contribution in [0.4, 0.5) is 0 Å². The first-order valence-electron chi connectivity index (χ1n) is 9.33. The van der Waals surface area contributed by atoms with Crippen molar-refractivity contribution in [2.75, 3.05) is 19.6 Å². The summed E-state index contributed by atoms with van der Waals surface area (Å²) in [6, 6.07) is 0. The minimum atomic E-state index is -0.219. The number of hydrogen-bond acceptors (Lipinski definition) is 3. The molecule has 128 valence electrons. The number of rotatable bonds is 6. The smallest absolute Gasteiger partial charge is 0.240 e. The van der Waals surface area contributed by atoms with Gasteiger partial charge in [0.25, 0.3) is 0 Å². The number of likely N-dealkylation sites (tertiary alicyclic amines) is 1. The molecular formula is C18H30N4O. The van der Waals surface area contributed by atoms with Crippen LogP contribution in [0, 0.1) is 0 Å². The topological polar surface area (TPSA) is 61.0 Å². The van der Waals surface area contributed by atoms with E-state index in [4.69, 9.17) is 0 Å². The lowest BCUT2D eigenvalue weighted by atomic mass is 9.78. The molecule has 1 aliphatic heterocycles. The second-order valence-corrected chi connectivity index (χ2v) is 7.04. The summed E-state index contributed by atoms with van der Waals surface area (Å²) >= 11 is 0. The van der Waals surface area contributed by atoms with Crippen LogP contribution in [0.2, 0.25) is 0 Å². The zero-order valence-electron chi connectivity index (χ0n) is 14.1. The van der Waals surface area contributed by atoms with Crippen LogP contribution in [-0.4, -0.2) is 45.9 Å². The number of amides is 1. The SMILES string of the molecule is O=C(NCCCc1ncc[nH]1)C1(N2CCCCC2)CCCCC1. The average molecular weight is 318 g/mol. The Hall–Kier alpha value is -1.36. The molecule has 3 rings (SSSR count). The quantitative estimate of drug-likeness (QED) is 0.793. The fourth-order valence-corrected chi connectivity index (χ4v) is 4.20. The van der Waals surface area contributed by atoms with Crippen LogP contribution in [0.25, 0.3) is 0 Å². The number of nitrogens with one attached hydrogen (secondary N) is 2. The Bertz CT molecular complexity index is 473. The third kappa shape index (κ3) is 3.94. The number of H-pyrrole nitrogens is 1. The number of imidazole rings is 1. The predicted octanol–water partition coefficient (Wildman–Crippen LogP) is 2.65. The van der Waals surface area contributed by atoms with E-state index in [0.717, 1.165) is 51.1 Å². The molecule has 0 unspecified atom stereocenters. The second kappa shape index (κ2) is 7.95. The Morgan fingerprint density at radius 3 is 2.61 bits per heavy atom. The van der Waals surface area contributed by atoms with Gasteiger partial charge < -0.3 is 10.3 Å². The molecule has 1 aromatic heterocycles. The summed E-state index contributed by atoms with van der Waals surface area (Å²) in [6.07, 6.45) is 15.0. The molecule has 0 radical (unpaired) electrons. The van der Waals surface area contributed by atoms with Gasteiger partial charge in [-0.25, -0.2) is 4.98 Å². The molecule has 1 saturated carbocycles. The molecule has 1 saturated heterocycles. The molecular weight excluding hydrogens is 288 g/mol. The first-order chi connectivity index (χ1) is 11.3. The number of aryl methyl sites for hydroxylation is 1. The third-order valence-electron chi connectivity index (χ3n) is 5.50. The van der Waals surface area contributed by atoms with Gasteiger partial charge in [-0.1, -0.05) is 25.7 Å². The lowest BCUT2D eigenvalue weighted by molar-refractivity contribution is -0.137. The molecule has 2 aliphatic rings. The largest absolute Gasteiger partial charge is 0.354 e. The fourth-order valence-electron chi connectivity index (χ4n) is 4.20. The van der Waals surface area contributed by atoms with Crippen LogP contribution in [-0.2, 0) is 11.2 Å². The molecule has 0 bridgehead atoms. The molecule has 0 spiro atoms. The molecule has 2 heterocycles. The lowest BCUT2D eigenvalue weighted by Gasteiger charge is -2.46. The van der Waals surface area contributed by atoms with Crippen molar-refractivity contribution >= 4 is 5.91 Å². The first-order valence-corrected chi connectivity index (χ1v) is 9.33. The summed E-state index contributed by atoms with van der Waals surface area (Å²) in [5, 5.41) is 3.23. The van der Waals surface area contributed by atoms with E-state index in [1.54, 1.807) is 6.20 Å². The monoisotopic (exact) mass is 318 g/mol. The second-order valence-electron chi connectivity index (χ2n) is 7.04. The Morgan fingerprint density at radius 2 is 1.91 bits per heavy atom. The van der Waals surface area contributed by atoms with Crippen molar-refractivity contribution < 1.29 is 4.79 Å². The van der Waals surface area contributed by atoms with Crippen LogP contribution in [0.3, 0.4) is 0 Å². The predicted molar refractivity (Wildman–Crippen MR) is 91.2 cm³/mol. The van der Waals surface area contributed by atoms with Gasteiger partial charge in [-0.2, -0.15) is 0 Å². The van der Waals surface area contributed by atoms with Crippen molar-refractivity contribution in [1.29, 1.82) is 0 Å². The molecule has 2 N–H and O–H groups in total. The Kier molecular flexibility index (Phi) is 5.70. The number of aromatic nitrogens is 2. The summed E-state index contributed by atoms with van der Waals surface area (Å²) < 4.78 is 0. The van der Waals surface area contributed by atoms with Crippen molar-refractivity contribution in [3.05, 3.63) is 18.2 Å². The van der Waals surface area contributed by atoms with E-state index in [9.17, 15) is 4.79 Å². The minimum Gasteiger partial charge on any atom is -0.354 e. The van der Waals surface area contributed by atoms with E-state index in [2.05, 4.69) is 20.2 Å². The summed E-state index contributed by atoms with van der Waals surface area (Å²) in [5.74, 6) is 1.28. The average Bonchev–Trinajstić information content (AvgIpc) is 3.13. The zero-order chi connectivity index (χ0) is 16.0. The van der Waals surface area contributed by atoms with Gasteiger partial charge in [-0.3, -0.25) is 9.69 Å². The molecule has 1 aromatic rings. The highest BCUT2D eigenvalue weighted by Crippen LogP contribution is 2.35. The molecule has 0 atom stereocenters. The van der Waals surface area contributed by atoms with E-state index in [-0.39, 0.29) is 11.4 Å². The molecule has 0 aromatic carbocycles. The molecule has 23 heavy (non-hydrogen) atoms. The van der Waals surface area contributed by atoms with E-state index < -0.39 is 0 Å². The van der Waals surface area contributed by atoms with Crippen LogP contribution < -0.4 is 5.32 Å². The van der Waals surface area contributed by atoms with Gasteiger partial charge in [0.05, 0.1) is 0 Å². The van der Waals surface area contributed by atoms with Gasteiger partial charge in [-0.05, 0) is 45.2 Å². The van der Waals surface area contributed by atoms with Gasteiger partial charge in [0, 0.05) is 25.4 Å². The minimum absolute atomic E-state index is 0.219. The van der Waals surface area contributed by atoms with Gasteiger partial charge >= 0.3 is 0 Å². The maximum Gasteiger partial charge on any atom is 0.240 e. The summed E-state index contributed by atoms with van der Waals surface area (Å²) in [7, 11) is 0. The van der Waals surface area contributed by atoms with Crippen molar-refractivity contribution in [2.24, 2.45) is 0 Å². The summed E-state index contributed by atoms with van der Waals surface area (Å²) in [6.45, 7) is 2.94. The normalized spacial score (nSPS) is 21.9. The number of hydrogen-bond donors (Lipinski definition) is 2. The Balaban J connectivity index is 1.54. The van der Waals surface area contributed by atoms with Crippen molar-refractivity contribution in [3.63, 3.8) is 0 Å². The van der Waals surface area contributed by atoms with Crippen molar-refractivity contribution in [1.82, 2.24) is 20.2 Å². The van der Waals surface area contributed by atoms with Gasteiger partial charge in [-0.15, -0.1) is 0 Å². The number of aromatic amines is 1. The van der Waals surface area contributed by atoms with Crippen molar-refractivity contribution in [3.8, 4) is 0 Å². The fraction of sp³-hybridized carbons (Fsp3) is 0.778. The van der Waals surface area contributed by atoms with E-state index in [0.29, 0.717) is 0 Å². The van der Waals surface area contributed by atoms with Gasteiger partial charge in [0.1, 0.15) is 11.4 Å². The highest BCUT2D eigenvalue weighted by Gasteiger charge is 2.44. The zero-order valence-corrected chi connectivity index (χ0v) is 14.1. The van der Waals surface area contributed by atoms with Gasteiger partial charge in [0.15, 0.2) is 0 Å². The number of carbonyl (C=O) groups is 1. The van der Waals surface area contributed by atoms with E-state index in [1.165, 1.54) is 38.5 Å². The van der Waals surface area contributed by atoms with Gasteiger partial charge in [0.2, 0.25) is 5.91 Å². The van der Waals surface area contributed by atoms with Crippen LogP contribution in [0.15, 0.2) is 12.4 Å². The summed E-state index contributed by atoms with van der Waals surface area (Å²) in [4.78, 5) is 22.9. The maximum absolute atomic E-state index is 13.0. The number of piperidine rings is 1. The summed E-state index contributed by atoms with van der Waals surface area (Å²) in [5.41, 5.74) is -0.219. The van der Waals surface area contributed by atoms with Crippen LogP contribution >= 0.6 is 0 Å². The van der Waals surface area contributed by atoms with Crippen LogP contribution in [0.1, 0.15) is 63.6 Å². The molecule has 2 fully saturated rings. The third-order valence-corrected chi connectivity index (χ3v) is 5.50. The highest BCUT2D eigenvalue weighted by atomic mass is 16.2. The standard InChI is InChI=1S/C18H30N4O/c23-17(21-11-7-8-16-19-12-13-20-16)18(9-3-1-4-10-18)22-14-5-2-6-15-22/h12-13H,1-11,14-15H2,(H,19,20)(H,21,23). The van der Waals surface area contributed by atoms with E-state index in [1.807, 2.05) is 6.20 Å².